The van der Waals surface area contributed by atoms with Crippen molar-refractivity contribution in [3.8, 4) is 5.75 Å². The third-order valence-electron chi connectivity index (χ3n) is 5.03. The van der Waals surface area contributed by atoms with Crippen LogP contribution in [0.3, 0.4) is 0 Å². The largest absolute Gasteiger partial charge is 0.484 e. The average Bonchev–Trinajstić information content (AvgIpc) is 2.85. The molecule has 1 amide bonds. The van der Waals surface area contributed by atoms with E-state index < -0.39 is 0 Å². The van der Waals surface area contributed by atoms with Crippen LogP contribution in [-0.4, -0.2) is 28.4 Å². The number of rotatable bonds is 8. The SMILES string of the molecule is CCCc1nc2ccc(Br)cc2c(=O)n1N=Cc1cccc(OCC(=O)Nc2ccc(Cl)cc2)c1. The lowest BCUT2D eigenvalue weighted by atomic mass is 10.2. The van der Waals surface area contributed by atoms with Crippen molar-refractivity contribution in [2.24, 2.45) is 5.10 Å². The predicted molar refractivity (Wildman–Crippen MR) is 143 cm³/mol. The monoisotopic (exact) mass is 552 g/mol. The number of ether oxygens (including phenoxy) is 1. The summed E-state index contributed by atoms with van der Waals surface area (Å²) < 4.78 is 7.76. The van der Waals surface area contributed by atoms with Gasteiger partial charge in [0.05, 0.1) is 17.1 Å². The lowest BCUT2D eigenvalue weighted by Gasteiger charge is -2.09. The minimum Gasteiger partial charge on any atom is -0.484 e. The fraction of sp³-hybridized carbons (Fsp3) is 0.154. The van der Waals surface area contributed by atoms with E-state index in [-0.39, 0.29) is 18.1 Å². The smallest absolute Gasteiger partial charge is 0.282 e. The first-order valence-corrected chi connectivity index (χ1v) is 12.1. The Morgan fingerprint density at radius 1 is 1.17 bits per heavy atom. The van der Waals surface area contributed by atoms with Gasteiger partial charge >= 0.3 is 0 Å². The Hall–Kier alpha value is -3.49. The Bertz CT molecular complexity index is 1450. The molecule has 0 aliphatic heterocycles. The van der Waals surface area contributed by atoms with Crippen LogP contribution in [0.2, 0.25) is 5.02 Å². The standard InChI is InChI=1S/C26H22BrClN4O3/c1-2-4-24-31-23-12-7-18(27)14-22(23)26(34)32(24)29-15-17-5-3-6-21(13-17)35-16-25(33)30-20-10-8-19(28)9-11-20/h3,5-15H,2,4,16H2,1H3,(H,30,33). The second-order valence-electron chi connectivity index (χ2n) is 7.72. The van der Waals surface area contributed by atoms with Crippen molar-refractivity contribution in [2.75, 3.05) is 11.9 Å². The maximum atomic E-state index is 13.1. The van der Waals surface area contributed by atoms with E-state index in [2.05, 4.69) is 31.3 Å². The fourth-order valence-corrected chi connectivity index (χ4v) is 3.87. The zero-order chi connectivity index (χ0) is 24.8. The van der Waals surface area contributed by atoms with Gasteiger partial charge in [-0.15, -0.1) is 0 Å². The molecular formula is C26H22BrClN4O3. The molecule has 3 aromatic carbocycles. The Kier molecular flexibility index (Phi) is 7.94. The highest BCUT2D eigenvalue weighted by molar-refractivity contribution is 9.10. The molecule has 4 aromatic rings. The van der Waals surface area contributed by atoms with Crippen molar-refractivity contribution in [2.45, 2.75) is 19.8 Å². The van der Waals surface area contributed by atoms with E-state index in [1.165, 1.54) is 4.68 Å². The van der Waals surface area contributed by atoms with Crippen molar-refractivity contribution in [3.05, 3.63) is 98.0 Å². The molecule has 1 aromatic heterocycles. The Balaban J connectivity index is 1.50. The number of anilines is 1. The number of benzene rings is 3. The van der Waals surface area contributed by atoms with Crippen molar-refractivity contribution in [1.82, 2.24) is 9.66 Å². The number of aryl methyl sites for hydroxylation is 1. The topological polar surface area (TPSA) is 85.6 Å². The van der Waals surface area contributed by atoms with Crippen LogP contribution >= 0.6 is 27.5 Å². The Morgan fingerprint density at radius 2 is 1.97 bits per heavy atom. The van der Waals surface area contributed by atoms with E-state index in [1.807, 2.05) is 25.1 Å². The van der Waals surface area contributed by atoms with E-state index in [1.54, 1.807) is 54.7 Å². The van der Waals surface area contributed by atoms with Gasteiger partial charge in [0.15, 0.2) is 6.61 Å². The normalized spacial score (nSPS) is 11.2. The number of hydrogen-bond acceptors (Lipinski definition) is 5. The van der Waals surface area contributed by atoms with Gasteiger partial charge in [-0.2, -0.15) is 9.78 Å². The molecule has 35 heavy (non-hydrogen) atoms. The molecule has 0 radical (unpaired) electrons. The number of halogens is 2. The van der Waals surface area contributed by atoms with Gasteiger partial charge in [-0.25, -0.2) is 4.98 Å². The highest BCUT2D eigenvalue weighted by Crippen LogP contribution is 2.17. The molecule has 4 rings (SSSR count). The number of carbonyl (C=O) groups excluding carboxylic acids is 1. The molecule has 9 heteroatoms. The zero-order valence-electron chi connectivity index (χ0n) is 18.9. The van der Waals surface area contributed by atoms with Crippen molar-refractivity contribution in [3.63, 3.8) is 0 Å². The second kappa shape index (κ2) is 11.3. The van der Waals surface area contributed by atoms with Gasteiger partial charge in [0.2, 0.25) is 0 Å². The quantitative estimate of drug-likeness (QED) is 0.285. The summed E-state index contributed by atoms with van der Waals surface area (Å²) in [4.78, 5) is 29.9. The summed E-state index contributed by atoms with van der Waals surface area (Å²) in [5.41, 5.74) is 1.75. The van der Waals surface area contributed by atoms with E-state index in [0.29, 0.717) is 45.2 Å². The Labute approximate surface area is 215 Å². The first kappa shape index (κ1) is 24.6. The van der Waals surface area contributed by atoms with E-state index in [4.69, 9.17) is 16.3 Å². The van der Waals surface area contributed by atoms with Gasteiger partial charge in [-0.3, -0.25) is 9.59 Å². The van der Waals surface area contributed by atoms with Crippen LogP contribution in [0.25, 0.3) is 10.9 Å². The van der Waals surface area contributed by atoms with Crippen LogP contribution in [-0.2, 0) is 11.2 Å². The average molecular weight is 554 g/mol. The molecule has 1 N–H and O–H groups in total. The van der Waals surface area contributed by atoms with Crippen molar-refractivity contribution < 1.29 is 9.53 Å². The first-order valence-electron chi connectivity index (χ1n) is 11.0. The molecule has 0 saturated carbocycles. The van der Waals surface area contributed by atoms with Crippen LogP contribution in [0.4, 0.5) is 5.69 Å². The third kappa shape index (κ3) is 6.35. The summed E-state index contributed by atoms with van der Waals surface area (Å²) in [6.07, 6.45) is 3.02. The van der Waals surface area contributed by atoms with Gasteiger partial charge in [0, 0.05) is 21.6 Å². The number of nitrogens with zero attached hydrogens (tertiary/aromatic N) is 3. The summed E-state index contributed by atoms with van der Waals surface area (Å²) in [5.74, 6) is 0.798. The molecule has 0 bridgehead atoms. The van der Waals surface area contributed by atoms with Crippen molar-refractivity contribution >= 4 is 56.2 Å². The maximum Gasteiger partial charge on any atom is 0.282 e. The van der Waals surface area contributed by atoms with Crippen LogP contribution < -0.4 is 15.6 Å². The molecule has 1 heterocycles. The van der Waals surface area contributed by atoms with Crippen LogP contribution in [0, 0.1) is 0 Å². The highest BCUT2D eigenvalue weighted by atomic mass is 79.9. The maximum absolute atomic E-state index is 13.1. The zero-order valence-corrected chi connectivity index (χ0v) is 21.2. The molecule has 7 nitrogen and oxygen atoms in total. The van der Waals surface area contributed by atoms with Gasteiger partial charge in [-0.05, 0) is 66.6 Å². The molecule has 0 fully saturated rings. The van der Waals surface area contributed by atoms with Gasteiger partial charge in [0.25, 0.3) is 11.5 Å². The van der Waals surface area contributed by atoms with E-state index in [9.17, 15) is 9.59 Å². The predicted octanol–water partition coefficient (Wildman–Crippen LogP) is 5.66. The van der Waals surface area contributed by atoms with Crippen LogP contribution in [0.1, 0.15) is 24.7 Å². The number of carbonyl (C=O) groups is 1. The second-order valence-corrected chi connectivity index (χ2v) is 9.07. The molecule has 178 valence electrons. The van der Waals surface area contributed by atoms with Crippen LogP contribution in [0.5, 0.6) is 5.75 Å². The number of nitrogens with one attached hydrogen (secondary N) is 1. The number of aromatic nitrogens is 2. The molecule has 0 saturated heterocycles. The Morgan fingerprint density at radius 3 is 2.74 bits per heavy atom. The first-order chi connectivity index (χ1) is 16.9. The van der Waals surface area contributed by atoms with E-state index >= 15 is 0 Å². The van der Waals surface area contributed by atoms with Gasteiger partial charge in [-0.1, -0.05) is 46.6 Å². The molecule has 0 unspecified atom stereocenters. The summed E-state index contributed by atoms with van der Waals surface area (Å²) in [5, 5.41) is 8.25. The fourth-order valence-electron chi connectivity index (χ4n) is 3.39. The summed E-state index contributed by atoms with van der Waals surface area (Å²) in [6, 6.07) is 19.4. The lowest BCUT2D eigenvalue weighted by molar-refractivity contribution is -0.118. The molecule has 0 aliphatic carbocycles. The summed E-state index contributed by atoms with van der Waals surface area (Å²) in [7, 11) is 0. The number of hydrogen-bond donors (Lipinski definition) is 1. The third-order valence-corrected chi connectivity index (χ3v) is 5.77. The van der Waals surface area contributed by atoms with Gasteiger partial charge < -0.3 is 10.1 Å². The summed E-state index contributed by atoms with van der Waals surface area (Å²) >= 11 is 9.27. The minimum atomic E-state index is -0.296. The van der Waals surface area contributed by atoms with Crippen molar-refractivity contribution in [1.29, 1.82) is 0 Å². The number of fused-ring (bicyclic) bond motifs is 1. The summed E-state index contributed by atoms with van der Waals surface area (Å²) in [6.45, 7) is 1.86. The highest BCUT2D eigenvalue weighted by Gasteiger charge is 2.11. The molecule has 0 aliphatic rings. The molecule has 0 atom stereocenters. The minimum absolute atomic E-state index is 0.160. The molecular weight excluding hydrogens is 532 g/mol. The molecule has 0 spiro atoms. The lowest BCUT2D eigenvalue weighted by Crippen LogP contribution is -2.22. The van der Waals surface area contributed by atoms with E-state index in [0.717, 1.165) is 10.9 Å². The van der Waals surface area contributed by atoms with Crippen LogP contribution in [0.15, 0.2) is 81.1 Å². The number of amides is 1. The van der Waals surface area contributed by atoms with Gasteiger partial charge in [0.1, 0.15) is 11.6 Å².